The summed E-state index contributed by atoms with van der Waals surface area (Å²) < 4.78 is 25.1. The van der Waals surface area contributed by atoms with Gasteiger partial charge >= 0.3 is 0 Å². The Morgan fingerprint density at radius 3 is 2.28 bits per heavy atom. The summed E-state index contributed by atoms with van der Waals surface area (Å²) in [5.41, 5.74) is 0. The third-order valence-electron chi connectivity index (χ3n) is 2.41. The average molecular weight is 272 g/mol. The lowest BCUT2D eigenvalue weighted by atomic mass is 10.3. The molecule has 0 aliphatic carbocycles. The van der Waals surface area contributed by atoms with E-state index < -0.39 is 10.0 Å². The summed E-state index contributed by atoms with van der Waals surface area (Å²) >= 11 is 0. The maximum Gasteiger partial charge on any atom is 0.246 e. The van der Waals surface area contributed by atoms with Gasteiger partial charge in [0, 0.05) is 21.1 Å². The summed E-state index contributed by atoms with van der Waals surface area (Å²) in [5, 5.41) is 9.54. The molecule has 1 aromatic rings. The summed E-state index contributed by atoms with van der Waals surface area (Å²) in [6.07, 6.45) is 0. The second kappa shape index (κ2) is 5.36. The number of aromatic hydroxyl groups is 1. The summed E-state index contributed by atoms with van der Waals surface area (Å²) in [4.78, 5) is 12.6. The molecule has 0 radical (unpaired) electrons. The highest BCUT2D eigenvalue weighted by Gasteiger charge is 2.25. The van der Waals surface area contributed by atoms with Gasteiger partial charge in [-0.2, -0.15) is 4.31 Å². The quantitative estimate of drug-likeness (QED) is 0.843. The fourth-order valence-electron chi connectivity index (χ4n) is 1.26. The first kappa shape index (κ1) is 14.5. The van der Waals surface area contributed by atoms with Gasteiger partial charge in [0.2, 0.25) is 15.9 Å². The number of sulfonamides is 1. The summed E-state index contributed by atoms with van der Waals surface area (Å²) in [6.45, 7) is -0.274. The fraction of sp³-hybridized carbons (Fsp3) is 0.364. The Bertz CT molecular complexity index is 540. The van der Waals surface area contributed by atoms with Crippen molar-refractivity contribution in [1.29, 1.82) is 0 Å². The van der Waals surface area contributed by atoms with E-state index in [9.17, 15) is 18.3 Å². The van der Waals surface area contributed by atoms with E-state index in [0.717, 1.165) is 4.31 Å². The number of hydrogen-bond acceptors (Lipinski definition) is 4. The van der Waals surface area contributed by atoms with Crippen molar-refractivity contribution in [1.82, 2.24) is 9.21 Å². The normalized spacial score (nSPS) is 11.6. The van der Waals surface area contributed by atoms with E-state index in [1.807, 2.05) is 0 Å². The molecule has 1 rings (SSSR count). The van der Waals surface area contributed by atoms with Gasteiger partial charge in [-0.15, -0.1) is 0 Å². The Balaban J connectivity index is 3.01. The van der Waals surface area contributed by atoms with E-state index in [0.29, 0.717) is 0 Å². The SMILES string of the molecule is CN(C)C(=O)CN(C)S(=O)(=O)c1ccccc1O. The number of phenols is 1. The van der Waals surface area contributed by atoms with Crippen LogP contribution >= 0.6 is 0 Å². The molecule has 0 unspecified atom stereocenters. The summed E-state index contributed by atoms with van der Waals surface area (Å²) in [6, 6.07) is 5.61. The molecular formula is C11H16N2O4S. The number of nitrogens with zero attached hydrogens (tertiary/aromatic N) is 2. The molecule has 100 valence electrons. The maximum absolute atomic E-state index is 12.1. The molecule has 1 amide bonds. The van der Waals surface area contributed by atoms with Gasteiger partial charge in [0.25, 0.3) is 0 Å². The van der Waals surface area contributed by atoms with Crippen LogP contribution in [0.4, 0.5) is 0 Å². The van der Waals surface area contributed by atoms with Crippen molar-refractivity contribution in [2.45, 2.75) is 4.90 Å². The molecule has 0 saturated carbocycles. The van der Waals surface area contributed by atoms with Crippen LogP contribution in [-0.4, -0.2) is 56.3 Å². The molecule has 1 N–H and O–H groups in total. The van der Waals surface area contributed by atoms with Gasteiger partial charge < -0.3 is 10.0 Å². The van der Waals surface area contributed by atoms with E-state index in [-0.39, 0.29) is 23.1 Å². The van der Waals surface area contributed by atoms with E-state index in [4.69, 9.17) is 0 Å². The highest BCUT2D eigenvalue weighted by atomic mass is 32.2. The molecule has 1 aromatic carbocycles. The average Bonchev–Trinajstić information content (AvgIpc) is 2.28. The van der Waals surface area contributed by atoms with Crippen LogP contribution in [0.15, 0.2) is 29.2 Å². The van der Waals surface area contributed by atoms with Crippen molar-refractivity contribution >= 4 is 15.9 Å². The minimum atomic E-state index is -3.86. The predicted molar refractivity (Wildman–Crippen MR) is 66.6 cm³/mol. The number of phenolic OH excluding ortho intramolecular Hbond substituents is 1. The highest BCUT2D eigenvalue weighted by molar-refractivity contribution is 7.89. The van der Waals surface area contributed by atoms with Crippen LogP contribution in [0.2, 0.25) is 0 Å². The minimum Gasteiger partial charge on any atom is -0.507 e. The Kier molecular flexibility index (Phi) is 4.31. The van der Waals surface area contributed by atoms with Crippen LogP contribution in [0, 0.1) is 0 Å². The van der Waals surface area contributed by atoms with Crippen LogP contribution in [-0.2, 0) is 14.8 Å². The van der Waals surface area contributed by atoms with Gasteiger partial charge in [0.1, 0.15) is 10.6 Å². The molecule has 0 aliphatic rings. The number of benzene rings is 1. The van der Waals surface area contributed by atoms with Crippen LogP contribution in [0.3, 0.4) is 0 Å². The molecular weight excluding hydrogens is 256 g/mol. The van der Waals surface area contributed by atoms with E-state index in [2.05, 4.69) is 0 Å². The monoisotopic (exact) mass is 272 g/mol. The number of para-hydroxylation sites is 1. The van der Waals surface area contributed by atoms with Crippen LogP contribution in [0.1, 0.15) is 0 Å². The van der Waals surface area contributed by atoms with Crippen molar-refractivity contribution in [3.05, 3.63) is 24.3 Å². The van der Waals surface area contributed by atoms with Gasteiger partial charge in [-0.1, -0.05) is 12.1 Å². The first-order valence-electron chi connectivity index (χ1n) is 5.21. The van der Waals surface area contributed by atoms with Crippen molar-refractivity contribution in [3.8, 4) is 5.75 Å². The Morgan fingerprint density at radius 1 is 1.22 bits per heavy atom. The topological polar surface area (TPSA) is 77.9 Å². The van der Waals surface area contributed by atoms with Crippen molar-refractivity contribution in [2.24, 2.45) is 0 Å². The van der Waals surface area contributed by atoms with Gasteiger partial charge in [-0.05, 0) is 12.1 Å². The first-order valence-corrected chi connectivity index (χ1v) is 6.65. The highest BCUT2D eigenvalue weighted by Crippen LogP contribution is 2.24. The molecule has 0 atom stereocenters. The lowest BCUT2D eigenvalue weighted by Gasteiger charge is -2.19. The lowest BCUT2D eigenvalue weighted by molar-refractivity contribution is -0.128. The smallest absolute Gasteiger partial charge is 0.246 e. The zero-order chi connectivity index (χ0) is 13.9. The second-order valence-electron chi connectivity index (χ2n) is 4.02. The second-order valence-corrected chi connectivity index (χ2v) is 6.03. The van der Waals surface area contributed by atoms with Gasteiger partial charge in [0.15, 0.2) is 0 Å². The van der Waals surface area contributed by atoms with E-state index in [1.165, 1.54) is 36.2 Å². The zero-order valence-electron chi connectivity index (χ0n) is 10.5. The molecule has 0 spiro atoms. The third-order valence-corrected chi connectivity index (χ3v) is 4.26. The van der Waals surface area contributed by atoms with Crippen molar-refractivity contribution < 1.29 is 18.3 Å². The molecule has 0 bridgehead atoms. The summed E-state index contributed by atoms with van der Waals surface area (Å²) in [5.74, 6) is -0.668. The number of carbonyl (C=O) groups excluding carboxylic acids is 1. The van der Waals surface area contributed by atoms with Crippen LogP contribution in [0.5, 0.6) is 5.75 Å². The van der Waals surface area contributed by atoms with E-state index >= 15 is 0 Å². The molecule has 0 heterocycles. The zero-order valence-corrected chi connectivity index (χ0v) is 11.3. The van der Waals surface area contributed by atoms with Crippen molar-refractivity contribution in [2.75, 3.05) is 27.7 Å². The number of amides is 1. The lowest BCUT2D eigenvalue weighted by Crippen LogP contribution is -2.37. The van der Waals surface area contributed by atoms with Crippen molar-refractivity contribution in [3.63, 3.8) is 0 Å². The first-order chi connectivity index (χ1) is 8.26. The maximum atomic E-state index is 12.1. The van der Waals surface area contributed by atoms with Gasteiger partial charge in [-0.3, -0.25) is 4.79 Å². The standard InChI is InChI=1S/C11H16N2O4S/c1-12(2)11(15)8-13(3)18(16,17)10-7-5-4-6-9(10)14/h4-7,14H,8H2,1-3H3. The number of hydrogen-bond donors (Lipinski definition) is 1. The predicted octanol–water partition coefficient (Wildman–Crippen LogP) is 0.101. The van der Waals surface area contributed by atoms with E-state index in [1.54, 1.807) is 14.1 Å². The van der Waals surface area contributed by atoms with Gasteiger partial charge in [0.05, 0.1) is 6.54 Å². The molecule has 0 fully saturated rings. The molecule has 18 heavy (non-hydrogen) atoms. The number of carbonyl (C=O) groups is 1. The minimum absolute atomic E-state index is 0.209. The third kappa shape index (κ3) is 2.99. The van der Waals surface area contributed by atoms with Gasteiger partial charge in [-0.25, -0.2) is 8.42 Å². The molecule has 7 heteroatoms. The Hall–Kier alpha value is -1.60. The molecule has 0 aromatic heterocycles. The summed E-state index contributed by atoms with van der Waals surface area (Å²) in [7, 11) is 0.521. The number of likely N-dealkylation sites (N-methyl/N-ethyl adjacent to an activating group) is 2. The number of rotatable bonds is 4. The Morgan fingerprint density at radius 2 is 1.78 bits per heavy atom. The van der Waals surface area contributed by atoms with Crippen LogP contribution in [0.25, 0.3) is 0 Å². The largest absolute Gasteiger partial charge is 0.507 e. The molecule has 0 aliphatic heterocycles. The Labute approximate surface area is 106 Å². The fourth-order valence-corrected chi connectivity index (χ4v) is 2.46. The molecule has 6 nitrogen and oxygen atoms in total. The van der Waals surface area contributed by atoms with Crippen LogP contribution < -0.4 is 0 Å². The molecule has 0 saturated heterocycles.